The van der Waals surface area contributed by atoms with Crippen LogP contribution in [-0.2, 0) is 0 Å². The van der Waals surface area contributed by atoms with Crippen molar-refractivity contribution in [1.29, 1.82) is 0 Å². The summed E-state index contributed by atoms with van der Waals surface area (Å²) >= 11 is 0. The predicted molar refractivity (Wildman–Crippen MR) is 41.5 cm³/mol. The Balaban J connectivity index is 2.91. The number of hydrogen-bond acceptors (Lipinski definition) is 3. The second kappa shape index (κ2) is 2.58. The van der Waals surface area contributed by atoms with Gasteiger partial charge in [0.2, 0.25) is 0 Å². The largest absolute Gasteiger partial charge is 0.302 e. The molecular weight excluding hydrogens is 126 g/mol. The Bertz CT molecular complexity index is 193. The summed E-state index contributed by atoms with van der Waals surface area (Å²) in [6.45, 7) is 7.30. The molecule has 1 aliphatic heterocycles. The lowest BCUT2D eigenvalue weighted by Crippen LogP contribution is -2.34. The highest BCUT2D eigenvalue weighted by atomic mass is 15.7. The maximum atomic E-state index is 3.66. The molecule has 54 valence electrons. The summed E-state index contributed by atoms with van der Waals surface area (Å²) in [5.41, 5.74) is 7.78. The number of nitrogens with one attached hydrogen (secondary N) is 2. The van der Waals surface area contributed by atoms with Crippen LogP contribution in [-0.4, -0.2) is 12.1 Å². The summed E-state index contributed by atoms with van der Waals surface area (Å²) in [6.07, 6.45) is 3.51. The third-order valence-corrected chi connectivity index (χ3v) is 1.39. The van der Waals surface area contributed by atoms with E-state index in [1.54, 1.807) is 12.2 Å². The summed E-state index contributed by atoms with van der Waals surface area (Å²) in [5.74, 6) is 0. The summed E-state index contributed by atoms with van der Waals surface area (Å²) in [7, 11) is 1.90. The molecule has 0 fully saturated rings. The van der Waals surface area contributed by atoms with Gasteiger partial charge < -0.3 is 5.43 Å². The van der Waals surface area contributed by atoms with Gasteiger partial charge in [0.05, 0.1) is 11.4 Å². The van der Waals surface area contributed by atoms with Crippen LogP contribution < -0.4 is 11.0 Å². The van der Waals surface area contributed by atoms with E-state index in [-0.39, 0.29) is 0 Å². The van der Waals surface area contributed by atoms with Gasteiger partial charge in [0, 0.05) is 7.05 Å². The average Bonchev–Trinajstić information content (AvgIpc) is 2.30. The van der Waals surface area contributed by atoms with Gasteiger partial charge in [-0.2, -0.15) is 0 Å². The number of hydrogen-bond donors (Lipinski definition) is 2. The fourth-order valence-electron chi connectivity index (χ4n) is 0.852. The zero-order chi connectivity index (χ0) is 7.56. The van der Waals surface area contributed by atoms with Gasteiger partial charge in [-0.3, -0.25) is 5.01 Å². The van der Waals surface area contributed by atoms with Crippen LogP contribution in [0.25, 0.3) is 0 Å². The molecule has 1 aliphatic rings. The van der Waals surface area contributed by atoms with Crippen LogP contribution in [0.2, 0.25) is 0 Å². The molecule has 1 rings (SSSR count). The van der Waals surface area contributed by atoms with E-state index in [1.165, 1.54) is 0 Å². The van der Waals surface area contributed by atoms with Crippen LogP contribution in [0.3, 0.4) is 0 Å². The van der Waals surface area contributed by atoms with Crippen molar-refractivity contribution in [3.05, 3.63) is 36.7 Å². The van der Waals surface area contributed by atoms with Gasteiger partial charge in [-0.15, -0.1) is 5.53 Å². The fourth-order valence-corrected chi connectivity index (χ4v) is 0.852. The number of allylic oxidation sites excluding steroid dienone is 2. The van der Waals surface area contributed by atoms with E-state index in [4.69, 9.17) is 0 Å². The molecule has 0 aromatic rings. The van der Waals surface area contributed by atoms with Crippen LogP contribution in [0.15, 0.2) is 36.7 Å². The van der Waals surface area contributed by atoms with Crippen molar-refractivity contribution in [2.75, 3.05) is 7.05 Å². The first kappa shape index (κ1) is 6.89. The Morgan fingerprint density at radius 3 is 2.50 bits per heavy atom. The average molecular weight is 137 g/mol. The molecule has 0 saturated heterocycles. The SMILES string of the molecule is C=CC1=C(C=C)N(C)NN1. The molecule has 2 N–H and O–H groups in total. The van der Waals surface area contributed by atoms with E-state index in [0.29, 0.717) is 0 Å². The first-order valence-corrected chi connectivity index (χ1v) is 3.04. The van der Waals surface area contributed by atoms with E-state index < -0.39 is 0 Å². The minimum atomic E-state index is 0.956. The van der Waals surface area contributed by atoms with Gasteiger partial charge in [0.1, 0.15) is 0 Å². The molecule has 0 saturated carbocycles. The van der Waals surface area contributed by atoms with Crippen molar-refractivity contribution < 1.29 is 0 Å². The lowest BCUT2D eigenvalue weighted by atomic mass is 10.3. The molecule has 0 spiro atoms. The Morgan fingerprint density at radius 1 is 1.40 bits per heavy atom. The van der Waals surface area contributed by atoms with Crippen molar-refractivity contribution in [3.8, 4) is 0 Å². The maximum Gasteiger partial charge on any atom is 0.0773 e. The Labute approximate surface area is 60.7 Å². The number of likely N-dealkylation sites (N-methyl/N-ethyl adjacent to an activating group) is 1. The van der Waals surface area contributed by atoms with Crippen molar-refractivity contribution in [1.82, 2.24) is 16.0 Å². The van der Waals surface area contributed by atoms with E-state index in [1.807, 2.05) is 12.1 Å². The third kappa shape index (κ3) is 0.910. The second-order valence-electron chi connectivity index (χ2n) is 2.00. The first-order chi connectivity index (χ1) is 4.79. The molecular formula is C7H11N3. The van der Waals surface area contributed by atoms with Crippen LogP contribution in [0.5, 0.6) is 0 Å². The van der Waals surface area contributed by atoms with E-state index in [0.717, 1.165) is 11.4 Å². The summed E-state index contributed by atoms with van der Waals surface area (Å²) in [5, 5.41) is 1.84. The topological polar surface area (TPSA) is 27.3 Å². The lowest BCUT2D eigenvalue weighted by Gasteiger charge is -2.10. The van der Waals surface area contributed by atoms with Gasteiger partial charge in [-0.25, -0.2) is 0 Å². The lowest BCUT2D eigenvalue weighted by molar-refractivity contribution is 0.313. The molecule has 3 heteroatoms. The molecule has 1 heterocycles. The summed E-state index contributed by atoms with van der Waals surface area (Å²) < 4.78 is 0. The molecule has 0 aromatic carbocycles. The normalized spacial score (nSPS) is 17.1. The number of nitrogens with zero attached hydrogens (tertiary/aromatic N) is 1. The molecule has 3 nitrogen and oxygen atoms in total. The summed E-state index contributed by atoms with van der Waals surface area (Å²) in [6, 6.07) is 0. The molecule has 10 heavy (non-hydrogen) atoms. The van der Waals surface area contributed by atoms with E-state index in [9.17, 15) is 0 Å². The second-order valence-corrected chi connectivity index (χ2v) is 2.00. The van der Waals surface area contributed by atoms with Crippen LogP contribution >= 0.6 is 0 Å². The van der Waals surface area contributed by atoms with E-state index >= 15 is 0 Å². The standard InChI is InChI=1S/C7H11N3/c1-4-6-7(5-2)10(3)9-8-6/h4-5,8-9H,1-2H2,3H3. The summed E-state index contributed by atoms with van der Waals surface area (Å²) in [4.78, 5) is 0. The number of rotatable bonds is 2. The minimum absolute atomic E-state index is 0.956. The highest BCUT2D eigenvalue weighted by molar-refractivity contribution is 5.30. The van der Waals surface area contributed by atoms with Crippen molar-refractivity contribution >= 4 is 0 Å². The third-order valence-electron chi connectivity index (χ3n) is 1.39. The van der Waals surface area contributed by atoms with Crippen molar-refractivity contribution in [3.63, 3.8) is 0 Å². The Hall–Kier alpha value is -1.22. The quantitative estimate of drug-likeness (QED) is 0.581. The van der Waals surface area contributed by atoms with Gasteiger partial charge in [0.15, 0.2) is 0 Å². The van der Waals surface area contributed by atoms with Crippen LogP contribution in [0, 0.1) is 0 Å². The zero-order valence-corrected chi connectivity index (χ0v) is 6.02. The molecule has 0 bridgehead atoms. The molecule has 0 aromatic heterocycles. The Kier molecular flexibility index (Phi) is 1.78. The Morgan fingerprint density at radius 2 is 2.10 bits per heavy atom. The molecule has 0 amide bonds. The number of hydrazine groups is 2. The molecule has 0 unspecified atom stereocenters. The monoisotopic (exact) mass is 137 g/mol. The molecule has 0 radical (unpaired) electrons. The smallest absolute Gasteiger partial charge is 0.0773 e. The highest BCUT2D eigenvalue weighted by Crippen LogP contribution is 2.10. The van der Waals surface area contributed by atoms with Crippen molar-refractivity contribution in [2.24, 2.45) is 0 Å². The van der Waals surface area contributed by atoms with Gasteiger partial charge in [0.25, 0.3) is 0 Å². The van der Waals surface area contributed by atoms with Gasteiger partial charge in [-0.05, 0) is 12.2 Å². The fraction of sp³-hybridized carbons (Fsp3) is 0.143. The van der Waals surface area contributed by atoms with E-state index in [2.05, 4.69) is 24.1 Å². The van der Waals surface area contributed by atoms with Crippen LogP contribution in [0.1, 0.15) is 0 Å². The molecule has 0 aliphatic carbocycles. The van der Waals surface area contributed by atoms with Crippen LogP contribution in [0.4, 0.5) is 0 Å². The van der Waals surface area contributed by atoms with Crippen molar-refractivity contribution in [2.45, 2.75) is 0 Å². The highest BCUT2D eigenvalue weighted by Gasteiger charge is 2.11. The maximum absolute atomic E-state index is 3.66. The van der Waals surface area contributed by atoms with Gasteiger partial charge >= 0.3 is 0 Å². The molecule has 0 atom stereocenters. The zero-order valence-electron chi connectivity index (χ0n) is 6.02. The first-order valence-electron chi connectivity index (χ1n) is 3.04. The predicted octanol–water partition coefficient (Wildman–Crippen LogP) is 0.525. The van der Waals surface area contributed by atoms with Gasteiger partial charge in [-0.1, -0.05) is 13.2 Å². The minimum Gasteiger partial charge on any atom is -0.302 e.